The Labute approximate surface area is 187 Å². The summed E-state index contributed by atoms with van der Waals surface area (Å²) in [6.07, 6.45) is 0.486. The molecule has 4 aromatic rings. The van der Waals surface area contributed by atoms with E-state index in [2.05, 4.69) is 0 Å². The SMILES string of the molecule is COc1ccc(-c2csc(-c3csc(N4C(=O)CC4c4ccc(OC)cc4)n3)n2)cc1. The molecule has 2 aromatic heterocycles. The van der Waals surface area contributed by atoms with Gasteiger partial charge in [0, 0.05) is 16.3 Å². The fraction of sp³-hybridized carbons (Fsp3) is 0.174. The number of carbonyl (C=O) groups is 1. The average molecular weight is 450 g/mol. The third kappa shape index (κ3) is 3.68. The van der Waals surface area contributed by atoms with E-state index in [4.69, 9.17) is 19.4 Å². The Hall–Kier alpha value is -3.23. The third-order valence-corrected chi connectivity index (χ3v) is 6.96. The maximum atomic E-state index is 12.4. The summed E-state index contributed by atoms with van der Waals surface area (Å²) < 4.78 is 10.4. The second kappa shape index (κ2) is 8.13. The molecular weight excluding hydrogens is 430 g/mol. The summed E-state index contributed by atoms with van der Waals surface area (Å²) in [7, 11) is 3.29. The molecule has 156 valence electrons. The van der Waals surface area contributed by atoms with Gasteiger partial charge in [-0.25, -0.2) is 9.97 Å². The van der Waals surface area contributed by atoms with Gasteiger partial charge in [0.1, 0.15) is 22.2 Å². The molecule has 1 aliphatic heterocycles. The first-order chi connectivity index (χ1) is 15.2. The lowest BCUT2D eigenvalue weighted by molar-refractivity contribution is -0.124. The van der Waals surface area contributed by atoms with E-state index >= 15 is 0 Å². The highest BCUT2D eigenvalue weighted by molar-refractivity contribution is 7.16. The van der Waals surface area contributed by atoms with Gasteiger partial charge in [-0.1, -0.05) is 12.1 Å². The lowest BCUT2D eigenvalue weighted by Gasteiger charge is -2.38. The maximum absolute atomic E-state index is 12.4. The zero-order chi connectivity index (χ0) is 21.4. The Morgan fingerprint density at radius 2 is 1.52 bits per heavy atom. The summed E-state index contributed by atoms with van der Waals surface area (Å²) in [5.74, 6) is 1.70. The minimum absolute atomic E-state index is 0.00330. The highest BCUT2D eigenvalue weighted by Crippen LogP contribution is 2.42. The van der Waals surface area contributed by atoms with Gasteiger partial charge in [-0.05, 0) is 42.0 Å². The Balaban J connectivity index is 1.37. The number of thiazole rings is 2. The molecule has 1 unspecified atom stereocenters. The number of carbonyl (C=O) groups excluding carboxylic acids is 1. The summed E-state index contributed by atoms with van der Waals surface area (Å²) >= 11 is 3.01. The fourth-order valence-electron chi connectivity index (χ4n) is 3.51. The van der Waals surface area contributed by atoms with Crippen LogP contribution in [-0.4, -0.2) is 30.1 Å². The van der Waals surface area contributed by atoms with Crippen molar-refractivity contribution in [1.29, 1.82) is 0 Å². The topological polar surface area (TPSA) is 64.5 Å². The molecule has 2 aromatic carbocycles. The zero-order valence-electron chi connectivity index (χ0n) is 16.9. The van der Waals surface area contributed by atoms with Crippen molar-refractivity contribution in [3.63, 3.8) is 0 Å². The number of methoxy groups -OCH3 is 2. The Bertz CT molecular complexity index is 1220. The molecular formula is C23H19N3O3S2. The maximum Gasteiger partial charge on any atom is 0.231 e. The number of amides is 1. The Morgan fingerprint density at radius 1 is 0.871 bits per heavy atom. The minimum Gasteiger partial charge on any atom is -0.497 e. The van der Waals surface area contributed by atoms with Crippen LogP contribution in [0.2, 0.25) is 0 Å². The van der Waals surface area contributed by atoms with Gasteiger partial charge >= 0.3 is 0 Å². The first kappa shape index (κ1) is 19.7. The first-order valence-electron chi connectivity index (χ1n) is 9.68. The highest BCUT2D eigenvalue weighted by atomic mass is 32.1. The van der Waals surface area contributed by atoms with Gasteiger partial charge in [0.05, 0.1) is 32.4 Å². The molecule has 0 spiro atoms. The average Bonchev–Trinajstić information content (AvgIpc) is 3.47. The number of rotatable bonds is 6. The molecule has 1 saturated heterocycles. The van der Waals surface area contributed by atoms with Crippen LogP contribution in [-0.2, 0) is 4.79 Å². The number of aromatic nitrogens is 2. The van der Waals surface area contributed by atoms with Gasteiger partial charge in [0.2, 0.25) is 5.91 Å². The molecule has 31 heavy (non-hydrogen) atoms. The number of benzene rings is 2. The van der Waals surface area contributed by atoms with Crippen LogP contribution in [0.25, 0.3) is 22.0 Å². The molecule has 0 aliphatic carbocycles. The van der Waals surface area contributed by atoms with Crippen molar-refractivity contribution >= 4 is 33.7 Å². The predicted molar refractivity (Wildman–Crippen MR) is 123 cm³/mol. The summed E-state index contributed by atoms with van der Waals surface area (Å²) in [6.45, 7) is 0. The number of hydrogen-bond donors (Lipinski definition) is 0. The van der Waals surface area contributed by atoms with E-state index < -0.39 is 0 Å². The summed E-state index contributed by atoms with van der Waals surface area (Å²) in [5, 5.41) is 5.52. The van der Waals surface area contributed by atoms with E-state index in [0.717, 1.165) is 39.0 Å². The van der Waals surface area contributed by atoms with E-state index in [1.165, 1.54) is 11.3 Å². The van der Waals surface area contributed by atoms with Crippen LogP contribution in [0, 0.1) is 0 Å². The van der Waals surface area contributed by atoms with E-state index in [-0.39, 0.29) is 11.9 Å². The summed E-state index contributed by atoms with van der Waals surface area (Å²) in [6, 6.07) is 15.7. The van der Waals surface area contributed by atoms with Crippen molar-refractivity contribution < 1.29 is 14.3 Å². The predicted octanol–water partition coefficient (Wildman–Crippen LogP) is 5.43. The monoisotopic (exact) mass is 449 g/mol. The molecule has 1 fully saturated rings. The molecule has 1 aliphatic rings. The first-order valence-corrected chi connectivity index (χ1v) is 11.4. The van der Waals surface area contributed by atoms with E-state index in [1.54, 1.807) is 30.5 Å². The van der Waals surface area contributed by atoms with Crippen LogP contribution in [0.1, 0.15) is 18.0 Å². The number of β-lactam (4-membered cyclic amide) rings is 1. The summed E-state index contributed by atoms with van der Waals surface area (Å²) in [4.78, 5) is 23.6. The molecule has 3 heterocycles. The van der Waals surface area contributed by atoms with Crippen molar-refractivity contribution in [2.75, 3.05) is 19.1 Å². The van der Waals surface area contributed by atoms with Crippen LogP contribution < -0.4 is 14.4 Å². The fourth-order valence-corrected chi connectivity index (χ4v) is 5.25. The van der Waals surface area contributed by atoms with Gasteiger partial charge in [0.15, 0.2) is 5.13 Å². The number of hydrogen-bond acceptors (Lipinski definition) is 7. The van der Waals surface area contributed by atoms with Crippen LogP contribution in [0.4, 0.5) is 5.13 Å². The van der Waals surface area contributed by atoms with E-state index in [1.807, 2.05) is 59.3 Å². The number of nitrogens with zero attached hydrogens (tertiary/aromatic N) is 3. The lowest BCUT2D eigenvalue weighted by atomic mass is 9.94. The normalized spacial score (nSPS) is 15.6. The highest BCUT2D eigenvalue weighted by Gasteiger charge is 2.40. The van der Waals surface area contributed by atoms with Crippen LogP contribution in [0.5, 0.6) is 11.5 Å². The molecule has 0 radical (unpaired) electrons. The van der Waals surface area contributed by atoms with Gasteiger partial charge in [0.25, 0.3) is 0 Å². The molecule has 0 N–H and O–H groups in total. The Kier molecular flexibility index (Phi) is 5.17. The molecule has 0 saturated carbocycles. The Morgan fingerprint density at radius 3 is 2.16 bits per heavy atom. The molecule has 0 bridgehead atoms. The summed E-state index contributed by atoms with van der Waals surface area (Å²) in [5.41, 5.74) is 3.79. The second-order valence-corrected chi connectivity index (χ2v) is 8.73. The minimum atomic E-state index is 0.00330. The zero-order valence-corrected chi connectivity index (χ0v) is 18.6. The largest absolute Gasteiger partial charge is 0.497 e. The molecule has 5 rings (SSSR count). The second-order valence-electron chi connectivity index (χ2n) is 7.04. The molecule has 1 atom stereocenters. The van der Waals surface area contributed by atoms with Gasteiger partial charge in [-0.3, -0.25) is 9.69 Å². The van der Waals surface area contributed by atoms with Gasteiger partial charge in [-0.2, -0.15) is 0 Å². The van der Waals surface area contributed by atoms with Gasteiger partial charge in [-0.15, -0.1) is 22.7 Å². The third-order valence-electron chi connectivity index (χ3n) is 5.26. The number of anilines is 1. The van der Waals surface area contributed by atoms with Crippen molar-refractivity contribution in [2.24, 2.45) is 0 Å². The van der Waals surface area contributed by atoms with Crippen molar-refractivity contribution in [1.82, 2.24) is 9.97 Å². The van der Waals surface area contributed by atoms with Crippen molar-refractivity contribution in [2.45, 2.75) is 12.5 Å². The van der Waals surface area contributed by atoms with E-state index in [0.29, 0.717) is 11.6 Å². The molecule has 8 heteroatoms. The molecule has 6 nitrogen and oxygen atoms in total. The smallest absolute Gasteiger partial charge is 0.231 e. The quantitative estimate of drug-likeness (QED) is 0.367. The van der Waals surface area contributed by atoms with Crippen LogP contribution in [0.15, 0.2) is 59.3 Å². The van der Waals surface area contributed by atoms with E-state index in [9.17, 15) is 4.79 Å². The number of ether oxygens (including phenoxy) is 2. The van der Waals surface area contributed by atoms with Gasteiger partial charge < -0.3 is 9.47 Å². The lowest BCUT2D eigenvalue weighted by Crippen LogP contribution is -2.46. The standard InChI is InChI=1S/C23H19N3O3S2/c1-28-16-7-3-14(4-8-16)18-12-30-22(24-18)19-13-31-23(25-19)26-20(11-21(26)27)15-5-9-17(29-2)10-6-15/h3-10,12-13,20H,11H2,1-2H3. The van der Waals surface area contributed by atoms with Crippen LogP contribution in [0.3, 0.4) is 0 Å². The van der Waals surface area contributed by atoms with Crippen molar-refractivity contribution in [3.8, 4) is 33.5 Å². The van der Waals surface area contributed by atoms with Crippen LogP contribution >= 0.6 is 22.7 Å². The van der Waals surface area contributed by atoms with Crippen molar-refractivity contribution in [3.05, 3.63) is 64.9 Å². The molecule has 1 amide bonds.